The molecule has 0 radical (unpaired) electrons. The second-order valence-electron chi connectivity index (χ2n) is 4.08. The summed E-state index contributed by atoms with van der Waals surface area (Å²) in [7, 11) is 0. The average Bonchev–Trinajstić information content (AvgIpc) is 2.68. The van der Waals surface area contributed by atoms with Crippen molar-refractivity contribution >= 4 is 11.6 Å². The van der Waals surface area contributed by atoms with E-state index in [0.29, 0.717) is 0 Å². The van der Waals surface area contributed by atoms with Gasteiger partial charge in [-0.1, -0.05) is 62.3 Å². The van der Waals surface area contributed by atoms with Crippen molar-refractivity contribution in [3.05, 3.63) is 47.5 Å². The molecule has 0 nitrogen and oxygen atoms in total. The first kappa shape index (κ1) is 10.2. The lowest BCUT2D eigenvalue weighted by Crippen LogP contribution is -1.80. The smallest absolute Gasteiger partial charge is 0.0115 e. The molecule has 0 spiro atoms. The maximum absolute atomic E-state index is 2.37. The Hall–Kier alpha value is -1.30. The first-order valence-corrected chi connectivity index (χ1v) is 5.89. The number of unbranched alkanes of at least 4 members (excludes halogenated alkanes) is 3. The molecule has 0 unspecified atom stereocenters. The van der Waals surface area contributed by atoms with Crippen LogP contribution in [-0.4, -0.2) is 0 Å². The van der Waals surface area contributed by atoms with Crippen LogP contribution in [0.15, 0.2) is 36.4 Å². The van der Waals surface area contributed by atoms with Gasteiger partial charge in [0, 0.05) is 0 Å². The molecule has 1 aromatic rings. The highest BCUT2D eigenvalue weighted by Gasteiger charge is 2.07. The molecule has 0 saturated carbocycles. The lowest BCUT2D eigenvalue weighted by molar-refractivity contribution is 0.730. The van der Waals surface area contributed by atoms with Crippen LogP contribution in [0.25, 0.3) is 11.6 Å². The Balaban J connectivity index is 2.04. The van der Waals surface area contributed by atoms with Crippen molar-refractivity contribution in [1.82, 2.24) is 0 Å². The van der Waals surface area contributed by atoms with Crippen LogP contribution in [0.5, 0.6) is 0 Å². The molecule has 2 rings (SSSR count). The van der Waals surface area contributed by atoms with Gasteiger partial charge in [-0.05, 0) is 29.5 Å². The summed E-state index contributed by atoms with van der Waals surface area (Å²) >= 11 is 0. The minimum Gasteiger partial charge on any atom is -0.0766 e. The summed E-state index contributed by atoms with van der Waals surface area (Å²) in [6, 6.07) is 8.61. The Morgan fingerprint density at radius 3 is 2.80 bits per heavy atom. The van der Waals surface area contributed by atoms with Crippen LogP contribution >= 0.6 is 0 Å². The molecule has 78 valence electrons. The quantitative estimate of drug-likeness (QED) is 0.616. The molecule has 0 atom stereocenters. The van der Waals surface area contributed by atoms with Crippen LogP contribution in [0.4, 0.5) is 0 Å². The molecule has 0 N–H and O–H groups in total. The van der Waals surface area contributed by atoms with E-state index in [0.717, 1.165) is 0 Å². The highest BCUT2D eigenvalue weighted by molar-refractivity contribution is 5.89. The van der Waals surface area contributed by atoms with E-state index in [1.54, 1.807) is 0 Å². The van der Waals surface area contributed by atoms with E-state index in [4.69, 9.17) is 0 Å². The number of fused-ring (bicyclic) bond motifs is 1. The maximum Gasteiger partial charge on any atom is -0.0115 e. The lowest BCUT2D eigenvalue weighted by atomic mass is 10.0. The van der Waals surface area contributed by atoms with Gasteiger partial charge in [-0.25, -0.2) is 0 Å². The Kier molecular flexibility index (Phi) is 3.39. The zero-order valence-electron chi connectivity index (χ0n) is 9.37. The highest BCUT2D eigenvalue weighted by atomic mass is 14.1. The van der Waals surface area contributed by atoms with Gasteiger partial charge < -0.3 is 0 Å². The first-order chi connectivity index (χ1) is 7.42. The SMILES string of the molecule is CCCCCC=C1C=Cc2ccccc21. The molecular weight excluding hydrogens is 180 g/mol. The van der Waals surface area contributed by atoms with Crippen molar-refractivity contribution in [3.63, 3.8) is 0 Å². The van der Waals surface area contributed by atoms with Crippen molar-refractivity contribution < 1.29 is 0 Å². The van der Waals surface area contributed by atoms with Crippen LogP contribution in [0.1, 0.15) is 43.7 Å². The Labute approximate surface area is 92.3 Å². The molecule has 0 saturated heterocycles. The van der Waals surface area contributed by atoms with Crippen LogP contribution < -0.4 is 0 Å². The fourth-order valence-electron chi connectivity index (χ4n) is 2.00. The van der Waals surface area contributed by atoms with Crippen molar-refractivity contribution in [2.75, 3.05) is 0 Å². The molecule has 1 aliphatic carbocycles. The molecule has 1 aromatic carbocycles. The fourth-order valence-corrected chi connectivity index (χ4v) is 2.00. The number of hydrogen-bond donors (Lipinski definition) is 0. The number of rotatable bonds is 4. The van der Waals surface area contributed by atoms with Gasteiger partial charge in [0.25, 0.3) is 0 Å². The second kappa shape index (κ2) is 4.97. The first-order valence-electron chi connectivity index (χ1n) is 5.89. The maximum atomic E-state index is 2.37. The molecule has 0 fully saturated rings. The third kappa shape index (κ3) is 2.38. The van der Waals surface area contributed by atoms with Gasteiger partial charge in [0.15, 0.2) is 0 Å². The molecule has 0 heterocycles. The third-order valence-corrected chi connectivity index (χ3v) is 2.89. The molecule has 1 aliphatic rings. The van der Waals surface area contributed by atoms with E-state index >= 15 is 0 Å². The van der Waals surface area contributed by atoms with E-state index < -0.39 is 0 Å². The van der Waals surface area contributed by atoms with E-state index in [1.165, 1.54) is 42.4 Å². The molecular formula is C15H18. The summed E-state index contributed by atoms with van der Waals surface area (Å²) in [6.45, 7) is 2.25. The Morgan fingerprint density at radius 1 is 1.07 bits per heavy atom. The number of hydrogen-bond acceptors (Lipinski definition) is 0. The van der Waals surface area contributed by atoms with E-state index in [-0.39, 0.29) is 0 Å². The minimum absolute atomic E-state index is 1.21. The van der Waals surface area contributed by atoms with Crippen LogP contribution in [0.3, 0.4) is 0 Å². The van der Waals surface area contributed by atoms with Crippen LogP contribution in [-0.2, 0) is 0 Å². The average molecular weight is 198 g/mol. The van der Waals surface area contributed by atoms with Crippen LogP contribution in [0, 0.1) is 0 Å². The molecule has 15 heavy (non-hydrogen) atoms. The Morgan fingerprint density at radius 2 is 1.93 bits per heavy atom. The predicted octanol–water partition coefficient (Wildman–Crippen LogP) is 4.68. The topological polar surface area (TPSA) is 0 Å². The van der Waals surface area contributed by atoms with Gasteiger partial charge in [-0.15, -0.1) is 0 Å². The van der Waals surface area contributed by atoms with Gasteiger partial charge in [0.1, 0.15) is 0 Å². The summed E-state index contributed by atoms with van der Waals surface area (Å²) in [5, 5.41) is 0. The number of benzene rings is 1. The largest absolute Gasteiger partial charge is 0.0766 e. The van der Waals surface area contributed by atoms with Gasteiger partial charge in [-0.2, -0.15) is 0 Å². The van der Waals surface area contributed by atoms with Crippen molar-refractivity contribution in [3.8, 4) is 0 Å². The second-order valence-corrected chi connectivity index (χ2v) is 4.08. The zero-order chi connectivity index (χ0) is 10.5. The minimum atomic E-state index is 1.21. The molecule has 0 aliphatic heterocycles. The van der Waals surface area contributed by atoms with Gasteiger partial charge in [0.2, 0.25) is 0 Å². The lowest BCUT2D eigenvalue weighted by Gasteiger charge is -2.00. The molecule has 0 bridgehead atoms. The van der Waals surface area contributed by atoms with Gasteiger partial charge in [0.05, 0.1) is 0 Å². The molecule has 0 heteroatoms. The zero-order valence-corrected chi connectivity index (χ0v) is 9.37. The van der Waals surface area contributed by atoms with Crippen molar-refractivity contribution in [2.24, 2.45) is 0 Å². The monoisotopic (exact) mass is 198 g/mol. The molecule has 0 amide bonds. The third-order valence-electron chi connectivity index (χ3n) is 2.89. The molecule has 0 aromatic heterocycles. The summed E-state index contributed by atoms with van der Waals surface area (Å²) in [5.74, 6) is 0. The van der Waals surface area contributed by atoms with Gasteiger partial charge in [-0.3, -0.25) is 0 Å². The van der Waals surface area contributed by atoms with E-state index in [9.17, 15) is 0 Å². The van der Waals surface area contributed by atoms with Crippen molar-refractivity contribution in [2.45, 2.75) is 32.6 Å². The highest BCUT2D eigenvalue weighted by Crippen LogP contribution is 2.29. The standard InChI is InChI=1S/C15H18/c1-2-3-4-5-8-13-11-12-14-9-6-7-10-15(13)14/h6-12H,2-5H2,1H3. The van der Waals surface area contributed by atoms with E-state index in [2.05, 4.69) is 49.4 Å². The summed E-state index contributed by atoms with van der Waals surface area (Å²) in [6.07, 6.45) is 12.0. The predicted molar refractivity (Wildman–Crippen MR) is 67.6 cm³/mol. The fraction of sp³-hybridized carbons (Fsp3) is 0.333. The number of allylic oxidation sites excluding steroid dienone is 3. The normalized spacial score (nSPS) is 15.9. The summed E-state index contributed by atoms with van der Waals surface area (Å²) < 4.78 is 0. The van der Waals surface area contributed by atoms with E-state index in [1.807, 2.05) is 0 Å². The van der Waals surface area contributed by atoms with Crippen LogP contribution in [0.2, 0.25) is 0 Å². The Bertz CT molecular complexity index is 383. The van der Waals surface area contributed by atoms with Gasteiger partial charge >= 0.3 is 0 Å². The summed E-state index contributed by atoms with van der Waals surface area (Å²) in [5.41, 5.74) is 4.16. The summed E-state index contributed by atoms with van der Waals surface area (Å²) in [4.78, 5) is 0. The van der Waals surface area contributed by atoms with Crippen molar-refractivity contribution in [1.29, 1.82) is 0 Å².